The first-order chi connectivity index (χ1) is 15.4. The summed E-state index contributed by atoms with van der Waals surface area (Å²) in [6, 6.07) is 7.78. The Labute approximate surface area is 187 Å². The predicted octanol–water partition coefficient (Wildman–Crippen LogP) is 3.35. The number of ether oxygens (including phenoxy) is 1. The third kappa shape index (κ3) is 5.09. The molecule has 0 radical (unpaired) electrons. The Bertz CT molecular complexity index is 1110. The van der Waals surface area contributed by atoms with Crippen LogP contribution in [0.2, 0.25) is 5.02 Å². The summed E-state index contributed by atoms with van der Waals surface area (Å²) in [4.78, 5) is 36.4. The number of hydrogen-bond donors (Lipinski definition) is 3. The topological polar surface area (TPSA) is 118 Å². The molecule has 2 aromatic heterocycles. The molecule has 11 heteroatoms. The highest BCUT2D eigenvalue weighted by molar-refractivity contribution is 6.33. The van der Waals surface area contributed by atoms with E-state index < -0.39 is 17.4 Å². The zero-order valence-corrected chi connectivity index (χ0v) is 17.4. The number of aromatic nitrogens is 3. The number of carbonyl (C=O) groups excluding carboxylic acids is 2. The molecule has 0 bridgehead atoms. The second-order valence-electron chi connectivity index (χ2n) is 7.11. The molecule has 0 atom stereocenters. The number of nitrogens with zero attached hydrogens (tertiary/aromatic N) is 3. The minimum Gasteiger partial charge on any atom is -0.407 e. The zero-order chi connectivity index (χ0) is 22.6. The average Bonchev–Trinajstić information content (AvgIpc) is 3.56. The van der Waals surface area contributed by atoms with Gasteiger partial charge in [0.1, 0.15) is 17.7 Å². The molecule has 32 heavy (non-hydrogen) atoms. The van der Waals surface area contributed by atoms with Crippen molar-refractivity contribution in [2.45, 2.75) is 24.9 Å². The van der Waals surface area contributed by atoms with Crippen molar-refractivity contribution in [3.63, 3.8) is 0 Å². The van der Waals surface area contributed by atoms with E-state index in [2.05, 4.69) is 30.9 Å². The SMILES string of the molecule is O=C(NC1(C(=O)NCc2ccc(Nc3c(F)cccc3Cl)cn2)CC1)Oc1cncnc1. The lowest BCUT2D eigenvalue weighted by atomic mass is 10.2. The van der Waals surface area contributed by atoms with Crippen LogP contribution in [0.25, 0.3) is 0 Å². The third-order valence-electron chi connectivity index (χ3n) is 4.76. The van der Waals surface area contributed by atoms with Crippen LogP contribution in [0.1, 0.15) is 18.5 Å². The Morgan fingerprint density at radius 1 is 1.12 bits per heavy atom. The molecule has 9 nitrogen and oxygen atoms in total. The van der Waals surface area contributed by atoms with Crippen LogP contribution in [0.15, 0.2) is 55.2 Å². The van der Waals surface area contributed by atoms with Gasteiger partial charge in [-0.1, -0.05) is 17.7 Å². The molecule has 164 valence electrons. The highest BCUT2D eigenvalue weighted by atomic mass is 35.5. The highest BCUT2D eigenvalue weighted by Gasteiger charge is 2.51. The smallest absolute Gasteiger partial charge is 0.407 e. The lowest BCUT2D eigenvalue weighted by Crippen LogP contribution is -2.49. The molecule has 0 unspecified atom stereocenters. The van der Waals surface area contributed by atoms with Crippen molar-refractivity contribution >= 4 is 35.0 Å². The molecule has 1 fully saturated rings. The Hall–Kier alpha value is -3.79. The quantitative estimate of drug-likeness (QED) is 0.499. The molecular weight excluding hydrogens is 439 g/mol. The lowest BCUT2D eigenvalue weighted by molar-refractivity contribution is -0.124. The van der Waals surface area contributed by atoms with Crippen molar-refractivity contribution in [3.8, 4) is 5.75 Å². The molecule has 0 spiro atoms. The third-order valence-corrected chi connectivity index (χ3v) is 5.08. The molecule has 0 saturated heterocycles. The molecule has 0 aliphatic heterocycles. The Kier molecular flexibility index (Phi) is 6.13. The fraction of sp³-hybridized carbons (Fsp3) is 0.190. The van der Waals surface area contributed by atoms with E-state index in [-0.39, 0.29) is 28.9 Å². The van der Waals surface area contributed by atoms with Crippen LogP contribution in [0, 0.1) is 5.82 Å². The minimum atomic E-state index is -1.00. The summed E-state index contributed by atoms with van der Waals surface area (Å²) in [5.74, 6) is -0.633. The van der Waals surface area contributed by atoms with Gasteiger partial charge in [-0.2, -0.15) is 0 Å². The van der Waals surface area contributed by atoms with Crippen molar-refractivity contribution in [1.82, 2.24) is 25.6 Å². The standard InChI is InChI=1S/C21H18ClFN6O3/c22-16-2-1-3-17(23)18(16)28-14-5-4-13(26-9-14)8-27-19(30)21(6-7-21)29-20(31)32-15-10-24-12-25-11-15/h1-5,9-12,28H,6-8H2,(H,27,30)(H,29,31). The van der Waals surface area contributed by atoms with E-state index in [0.717, 1.165) is 0 Å². The van der Waals surface area contributed by atoms with Gasteiger partial charge >= 0.3 is 6.09 Å². The fourth-order valence-corrected chi connectivity index (χ4v) is 3.11. The number of rotatable bonds is 7. The minimum absolute atomic E-state index is 0.157. The van der Waals surface area contributed by atoms with Gasteiger partial charge in [0.25, 0.3) is 0 Å². The van der Waals surface area contributed by atoms with E-state index in [1.165, 1.54) is 37.1 Å². The maximum Gasteiger partial charge on any atom is 0.413 e. The maximum atomic E-state index is 13.9. The van der Waals surface area contributed by atoms with Crippen LogP contribution < -0.4 is 20.7 Å². The van der Waals surface area contributed by atoms with Gasteiger partial charge in [-0.15, -0.1) is 0 Å². The molecule has 3 N–H and O–H groups in total. The molecule has 1 saturated carbocycles. The summed E-state index contributed by atoms with van der Waals surface area (Å²) in [5, 5.41) is 8.49. The van der Waals surface area contributed by atoms with Crippen molar-refractivity contribution in [2.75, 3.05) is 5.32 Å². The van der Waals surface area contributed by atoms with E-state index in [0.29, 0.717) is 24.2 Å². The van der Waals surface area contributed by atoms with Crippen LogP contribution in [-0.2, 0) is 11.3 Å². The normalized spacial score (nSPS) is 13.7. The molecule has 2 amide bonds. The van der Waals surface area contributed by atoms with Crippen molar-refractivity contribution < 1.29 is 18.7 Å². The molecular formula is C21H18ClFN6O3. The first-order valence-corrected chi connectivity index (χ1v) is 10.0. The maximum absolute atomic E-state index is 13.9. The Balaban J connectivity index is 1.29. The number of hydrogen-bond acceptors (Lipinski definition) is 7. The number of benzene rings is 1. The first kappa shape index (κ1) is 21.4. The van der Waals surface area contributed by atoms with Crippen molar-refractivity contribution in [3.05, 3.63) is 71.8 Å². The average molecular weight is 457 g/mol. The van der Waals surface area contributed by atoms with Gasteiger partial charge in [-0.05, 0) is 37.1 Å². The van der Waals surface area contributed by atoms with Gasteiger partial charge in [0.2, 0.25) is 5.91 Å². The molecule has 1 aromatic carbocycles. The number of anilines is 2. The molecule has 3 aromatic rings. The van der Waals surface area contributed by atoms with Gasteiger partial charge in [-0.3, -0.25) is 9.78 Å². The molecule has 2 heterocycles. The van der Waals surface area contributed by atoms with E-state index in [9.17, 15) is 14.0 Å². The van der Waals surface area contributed by atoms with Gasteiger partial charge in [0.05, 0.1) is 47.2 Å². The van der Waals surface area contributed by atoms with Crippen molar-refractivity contribution in [2.24, 2.45) is 0 Å². The number of para-hydroxylation sites is 1. The number of nitrogens with one attached hydrogen (secondary N) is 3. The lowest BCUT2D eigenvalue weighted by Gasteiger charge is -2.17. The van der Waals surface area contributed by atoms with Gasteiger partial charge < -0.3 is 20.7 Å². The molecule has 1 aliphatic carbocycles. The van der Waals surface area contributed by atoms with Crippen molar-refractivity contribution in [1.29, 1.82) is 0 Å². The van der Waals surface area contributed by atoms with Crippen LogP contribution in [0.3, 0.4) is 0 Å². The largest absolute Gasteiger partial charge is 0.413 e. The zero-order valence-electron chi connectivity index (χ0n) is 16.6. The van der Waals surface area contributed by atoms with Crippen LogP contribution in [0.4, 0.5) is 20.6 Å². The second kappa shape index (κ2) is 9.15. The van der Waals surface area contributed by atoms with E-state index in [1.807, 2.05) is 0 Å². The van der Waals surface area contributed by atoms with Gasteiger partial charge in [-0.25, -0.2) is 19.2 Å². The summed E-state index contributed by atoms with van der Waals surface area (Å²) in [6.07, 6.45) is 5.75. The van der Waals surface area contributed by atoms with Crippen LogP contribution >= 0.6 is 11.6 Å². The predicted molar refractivity (Wildman–Crippen MR) is 114 cm³/mol. The van der Waals surface area contributed by atoms with E-state index in [4.69, 9.17) is 16.3 Å². The summed E-state index contributed by atoms with van der Waals surface area (Å²) >= 11 is 6.01. The molecule has 4 rings (SSSR count). The monoisotopic (exact) mass is 456 g/mol. The van der Waals surface area contributed by atoms with Gasteiger partial charge in [0.15, 0.2) is 5.75 Å². The molecule has 1 aliphatic rings. The summed E-state index contributed by atoms with van der Waals surface area (Å²) in [7, 11) is 0. The Morgan fingerprint density at radius 3 is 2.56 bits per heavy atom. The number of carbonyl (C=O) groups is 2. The van der Waals surface area contributed by atoms with E-state index in [1.54, 1.807) is 18.2 Å². The second-order valence-corrected chi connectivity index (χ2v) is 7.52. The first-order valence-electron chi connectivity index (χ1n) is 9.64. The number of halogens is 2. The summed E-state index contributed by atoms with van der Waals surface area (Å²) < 4.78 is 19.0. The Morgan fingerprint density at radius 2 is 1.91 bits per heavy atom. The number of pyridine rings is 1. The van der Waals surface area contributed by atoms with Gasteiger partial charge in [0, 0.05) is 0 Å². The summed E-state index contributed by atoms with van der Waals surface area (Å²) in [6.45, 7) is 0.157. The van der Waals surface area contributed by atoms with Crippen LogP contribution in [0.5, 0.6) is 5.75 Å². The fourth-order valence-electron chi connectivity index (χ4n) is 2.90. The van der Waals surface area contributed by atoms with Crippen LogP contribution in [-0.4, -0.2) is 32.5 Å². The number of amides is 2. The van der Waals surface area contributed by atoms with E-state index >= 15 is 0 Å². The summed E-state index contributed by atoms with van der Waals surface area (Å²) in [5.41, 5.74) is 0.284. The highest BCUT2D eigenvalue weighted by Crippen LogP contribution is 2.36.